The molecular formula is C13H20F3N3O. The Hall–Kier alpha value is -1.37. The van der Waals surface area contributed by atoms with Gasteiger partial charge in [0.2, 0.25) is 0 Å². The summed E-state index contributed by atoms with van der Waals surface area (Å²) in [6.45, 7) is 7.04. The van der Waals surface area contributed by atoms with Crippen LogP contribution in [-0.2, 0) is 6.54 Å². The van der Waals surface area contributed by atoms with Crippen LogP contribution in [0.3, 0.4) is 0 Å². The molecule has 1 aromatic heterocycles. The van der Waals surface area contributed by atoms with Gasteiger partial charge in [0.1, 0.15) is 6.61 Å². The minimum atomic E-state index is -4.23. The van der Waals surface area contributed by atoms with Crippen molar-refractivity contribution in [3.05, 3.63) is 17.5 Å². The van der Waals surface area contributed by atoms with Gasteiger partial charge in [-0.2, -0.15) is 13.2 Å². The summed E-state index contributed by atoms with van der Waals surface area (Å²) in [5, 5.41) is 3.25. The molecule has 0 spiro atoms. The molecular weight excluding hydrogens is 271 g/mol. The van der Waals surface area contributed by atoms with E-state index in [9.17, 15) is 13.2 Å². The van der Waals surface area contributed by atoms with Gasteiger partial charge in [-0.1, -0.05) is 13.8 Å². The first-order chi connectivity index (χ1) is 9.28. The fourth-order valence-electron chi connectivity index (χ4n) is 1.47. The molecule has 0 saturated heterocycles. The number of aryl methyl sites for hydroxylation is 1. The lowest BCUT2D eigenvalue weighted by atomic mass is 10.2. The first-order valence-electron chi connectivity index (χ1n) is 6.50. The van der Waals surface area contributed by atoms with E-state index in [2.05, 4.69) is 29.1 Å². The number of alkyl halides is 3. The number of hydrogen-bond acceptors (Lipinski definition) is 4. The number of rotatable bonds is 7. The van der Waals surface area contributed by atoms with Gasteiger partial charge in [-0.25, -0.2) is 9.97 Å². The normalized spacial score (nSPS) is 11.9. The highest BCUT2D eigenvalue weighted by Gasteiger charge is 2.27. The van der Waals surface area contributed by atoms with E-state index in [4.69, 9.17) is 4.74 Å². The summed E-state index contributed by atoms with van der Waals surface area (Å²) < 4.78 is 40.8. The van der Waals surface area contributed by atoms with Crippen molar-refractivity contribution in [1.29, 1.82) is 0 Å². The Labute approximate surface area is 116 Å². The van der Waals surface area contributed by atoms with Crippen LogP contribution in [-0.4, -0.2) is 29.3 Å². The minimum absolute atomic E-state index is 0.0145. The largest absolute Gasteiger partial charge is 0.463 e. The lowest BCUT2D eigenvalue weighted by Crippen LogP contribution is -2.20. The predicted octanol–water partition coefficient (Wildman–Crippen LogP) is 2.86. The van der Waals surface area contributed by atoms with E-state index in [-0.39, 0.29) is 6.01 Å². The fraction of sp³-hybridized carbons (Fsp3) is 0.692. The van der Waals surface area contributed by atoms with E-state index in [1.54, 1.807) is 13.1 Å². The van der Waals surface area contributed by atoms with Crippen LogP contribution in [0.4, 0.5) is 13.2 Å². The highest BCUT2D eigenvalue weighted by Crippen LogP contribution is 2.19. The smallest absolute Gasteiger partial charge is 0.392 e. The molecule has 114 valence electrons. The van der Waals surface area contributed by atoms with Crippen molar-refractivity contribution in [1.82, 2.24) is 15.3 Å². The molecule has 0 radical (unpaired) electrons. The van der Waals surface area contributed by atoms with Crippen LogP contribution in [0.2, 0.25) is 0 Å². The summed E-state index contributed by atoms with van der Waals surface area (Å²) in [6.07, 6.45) is -3.65. The van der Waals surface area contributed by atoms with Crippen LogP contribution in [0.1, 0.15) is 31.5 Å². The summed E-state index contributed by atoms with van der Waals surface area (Å²) in [7, 11) is 0. The first-order valence-corrected chi connectivity index (χ1v) is 6.50. The highest BCUT2D eigenvalue weighted by molar-refractivity contribution is 5.17. The maximum Gasteiger partial charge on any atom is 0.392 e. The molecule has 1 aromatic rings. The average Bonchev–Trinajstić information content (AvgIpc) is 2.30. The van der Waals surface area contributed by atoms with Crippen molar-refractivity contribution >= 4 is 0 Å². The molecule has 0 aliphatic rings. The van der Waals surface area contributed by atoms with Gasteiger partial charge in [0.15, 0.2) is 0 Å². The van der Waals surface area contributed by atoms with Gasteiger partial charge in [0, 0.05) is 24.0 Å². The topological polar surface area (TPSA) is 47.0 Å². The second-order valence-corrected chi connectivity index (χ2v) is 5.00. The summed E-state index contributed by atoms with van der Waals surface area (Å²) >= 11 is 0. The minimum Gasteiger partial charge on any atom is -0.463 e. The third-order valence-electron chi connectivity index (χ3n) is 2.54. The monoisotopic (exact) mass is 291 g/mol. The molecule has 1 heterocycles. The van der Waals surface area contributed by atoms with Gasteiger partial charge in [-0.05, 0) is 19.4 Å². The van der Waals surface area contributed by atoms with Crippen LogP contribution in [0.25, 0.3) is 0 Å². The summed E-state index contributed by atoms with van der Waals surface area (Å²) in [4.78, 5) is 7.97. The molecule has 0 atom stereocenters. The molecule has 0 aliphatic heterocycles. The Morgan fingerprint density at radius 2 is 2.05 bits per heavy atom. The quantitative estimate of drug-likeness (QED) is 0.839. The van der Waals surface area contributed by atoms with Crippen LogP contribution in [0.5, 0.6) is 6.01 Å². The van der Waals surface area contributed by atoms with Crippen LogP contribution >= 0.6 is 0 Å². The number of halogens is 3. The van der Waals surface area contributed by atoms with E-state index in [1.165, 1.54) is 0 Å². The molecule has 0 fully saturated rings. The Bertz CT molecular complexity index is 422. The van der Waals surface area contributed by atoms with Crippen molar-refractivity contribution < 1.29 is 17.9 Å². The van der Waals surface area contributed by atoms with Crippen molar-refractivity contribution in [3.8, 4) is 6.01 Å². The van der Waals surface area contributed by atoms with Crippen molar-refractivity contribution in [2.24, 2.45) is 5.92 Å². The van der Waals surface area contributed by atoms with E-state index < -0.39 is 19.2 Å². The molecule has 0 aliphatic carbocycles. The molecule has 0 amide bonds. The zero-order chi connectivity index (χ0) is 15.2. The summed E-state index contributed by atoms with van der Waals surface area (Å²) in [5.41, 5.74) is 1.62. The zero-order valence-corrected chi connectivity index (χ0v) is 11.9. The molecule has 7 heteroatoms. The molecule has 1 N–H and O–H groups in total. The molecule has 0 aromatic carbocycles. The second kappa shape index (κ2) is 7.42. The SMILES string of the molecule is Cc1nc(OCCC(F)(F)F)ncc1CNCC(C)C. The Kier molecular flexibility index (Phi) is 6.19. The molecule has 4 nitrogen and oxygen atoms in total. The third kappa shape index (κ3) is 6.70. The average molecular weight is 291 g/mol. The van der Waals surface area contributed by atoms with E-state index >= 15 is 0 Å². The van der Waals surface area contributed by atoms with Gasteiger partial charge in [-0.15, -0.1) is 0 Å². The molecule has 20 heavy (non-hydrogen) atoms. The van der Waals surface area contributed by atoms with Gasteiger partial charge < -0.3 is 10.1 Å². The summed E-state index contributed by atoms with van der Waals surface area (Å²) in [5.74, 6) is 0.543. The Balaban J connectivity index is 2.46. The Morgan fingerprint density at radius 1 is 1.35 bits per heavy atom. The summed E-state index contributed by atoms with van der Waals surface area (Å²) in [6, 6.07) is -0.0145. The van der Waals surface area contributed by atoms with Gasteiger partial charge in [0.05, 0.1) is 6.42 Å². The maximum atomic E-state index is 12.0. The molecule has 0 bridgehead atoms. The van der Waals surface area contributed by atoms with Crippen LogP contribution < -0.4 is 10.1 Å². The van der Waals surface area contributed by atoms with Crippen molar-refractivity contribution in [3.63, 3.8) is 0 Å². The van der Waals surface area contributed by atoms with E-state index in [0.29, 0.717) is 18.2 Å². The number of nitrogens with one attached hydrogen (secondary N) is 1. The lowest BCUT2D eigenvalue weighted by molar-refractivity contribution is -0.139. The van der Waals surface area contributed by atoms with Gasteiger partial charge in [0.25, 0.3) is 0 Å². The van der Waals surface area contributed by atoms with Gasteiger partial charge >= 0.3 is 12.2 Å². The third-order valence-corrected chi connectivity index (χ3v) is 2.54. The van der Waals surface area contributed by atoms with Crippen molar-refractivity contribution in [2.45, 2.75) is 39.9 Å². The zero-order valence-electron chi connectivity index (χ0n) is 11.9. The molecule has 0 unspecified atom stereocenters. The maximum absolute atomic E-state index is 12.0. The number of ether oxygens (including phenoxy) is 1. The highest BCUT2D eigenvalue weighted by atomic mass is 19.4. The number of hydrogen-bond donors (Lipinski definition) is 1. The van der Waals surface area contributed by atoms with E-state index in [1.807, 2.05) is 0 Å². The van der Waals surface area contributed by atoms with Gasteiger partial charge in [-0.3, -0.25) is 0 Å². The fourth-order valence-corrected chi connectivity index (χ4v) is 1.47. The second-order valence-electron chi connectivity index (χ2n) is 5.00. The number of nitrogens with zero attached hydrogens (tertiary/aromatic N) is 2. The molecule has 1 rings (SSSR count). The van der Waals surface area contributed by atoms with Crippen molar-refractivity contribution in [2.75, 3.05) is 13.2 Å². The number of aromatic nitrogens is 2. The predicted molar refractivity (Wildman–Crippen MR) is 69.5 cm³/mol. The first kappa shape index (κ1) is 16.7. The standard InChI is InChI=1S/C13H20F3N3O/c1-9(2)6-17-7-11-8-18-12(19-10(11)3)20-5-4-13(14,15)16/h8-9,17H,4-7H2,1-3H3. The Morgan fingerprint density at radius 3 is 2.60 bits per heavy atom. The lowest BCUT2D eigenvalue weighted by Gasteiger charge is -2.11. The van der Waals surface area contributed by atoms with Crippen LogP contribution in [0, 0.1) is 12.8 Å². The molecule has 0 saturated carbocycles. The van der Waals surface area contributed by atoms with Crippen LogP contribution in [0.15, 0.2) is 6.20 Å². The van der Waals surface area contributed by atoms with E-state index in [0.717, 1.165) is 12.1 Å².